The lowest BCUT2D eigenvalue weighted by Gasteiger charge is -2.13. The summed E-state index contributed by atoms with van der Waals surface area (Å²) >= 11 is 11.7. The summed E-state index contributed by atoms with van der Waals surface area (Å²) in [5, 5.41) is 13.4. The van der Waals surface area contributed by atoms with Gasteiger partial charge in [-0.1, -0.05) is 29.3 Å². The van der Waals surface area contributed by atoms with Gasteiger partial charge in [-0.2, -0.15) is 0 Å². The van der Waals surface area contributed by atoms with E-state index in [1.54, 1.807) is 30.3 Å². The lowest BCUT2D eigenvalue weighted by molar-refractivity contribution is -0.122. The van der Waals surface area contributed by atoms with Crippen LogP contribution in [0.25, 0.3) is 0 Å². The number of aliphatic hydroxyl groups is 1. The average Bonchev–Trinajstić information content (AvgIpc) is 2.46. The topological polar surface area (TPSA) is 71.3 Å². The molecule has 0 aliphatic carbocycles. The van der Waals surface area contributed by atoms with Gasteiger partial charge in [-0.25, -0.2) is 0 Å². The molecule has 1 atom stereocenters. The number of benzene rings is 1. The molecule has 22 heavy (non-hydrogen) atoms. The van der Waals surface area contributed by atoms with Gasteiger partial charge in [0.05, 0.1) is 6.10 Å². The zero-order valence-corrected chi connectivity index (χ0v) is 13.0. The summed E-state index contributed by atoms with van der Waals surface area (Å²) in [5.41, 5.74) is 0.245. The van der Waals surface area contributed by atoms with Crippen LogP contribution in [-0.2, 0) is 11.3 Å². The van der Waals surface area contributed by atoms with Crippen molar-refractivity contribution in [2.45, 2.75) is 12.6 Å². The molecular formula is C15H14Cl2N2O3. The highest BCUT2D eigenvalue weighted by atomic mass is 35.5. The molecule has 0 bridgehead atoms. The highest BCUT2D eigenvalue weighted by Crippen LogP contribution is 2.23. The Kier molecular flexibility index (Phi) is 5.60. The molecule has 0 aliphatic rings. The molecule has 0 saturated heterocycles. The van der Waals surface area contributed by atoms with Gasteiger partial charge in [-0.05, 0) is 29.8 Å². The molecule has 0 aliphatic heterocycles. The molecule has 116 valence electrons. The van der Waals surface area contributed by atoms with Crippen LogP contribution < -0.4 is 10.9 Å². The number of nitrogens with zero attached hydrogens (tertiary/aromatic N) is 1. The largest absolute Gasteiger partial charge is 0.387 e. The second-order valence-corrected chi connectivity index (χ2v) is 5.56. The van der Waals surface area contributed by atoms with Gasteiger partial charge >= 0.3 is 0 Å². The molecule has 7 heteroatoms. The summed E-state index contributed by atoms with van der Waals surface area (Å²) in [6.07, 6.45) is 0.586. The fourth-order valence-electron chi connectivity index (χ4n) is 1.90. The fourth-order valence-corrected chi connectivity index (χ4v) is 2.44. The molecule has 2 N–H and O–H groups in total. The molecule has 1 aromatic carbocycles. The number of halogens is 2. The Labute approximate surface area is 137 Å². The van der Waals surface area contributed by atoms with Gasteiger partial charge in [0.2, 0.25) is 5.91 Å². The molecule has 0 fully saturated rings. The fraction of sp³-hybridized carbons (Fsp3) is 0.200. The van der Waals surface area contributed by atoms with Crippen molar-refractivity contribution in [3.05, 3.63) is 68.6 Å². The van der Waals surface area contributed by atoms with Gasteiger partial charge < -0.3 is 15.0 Å². The Morgan fingerprint density at radius 1 is 1.23 bits per heavy atom. The van der Waals surface area contributed by atoms with E-state index in [2.05, 4.69) is 5.32 Å². The maximum atomic E-state index is 11.8. The first-order valence-electron chi connectivity index (χ1n) is 6.52. The minimum Gasteiger partial charge on any atom is -0.387 e. The number of aromatic nitrogens is 1. The molecule has 1 heterocycles. The molecule has 1 aromatic heterocycles. The Morgan fingerprint density at radius 2 is 1.91 bits per heavy atom. The second kappa shape index (κ2) is 7.45. The molecule has 0 saturated carbocycles. The van der Waals surface area contributed by atoms with Crippen LogP contribution >= 0.6 is 23.2 Å². The number of rotatable bonds is 5. The maximum absolute atomic E-state index is 11.8. The zero-order valence-electron chi connectivity index (χ0n) is 11.5. The van der Waals surface area contributed by atoms with Crippen molar-refractivity contribution in [3.63, 3.8) is 0 Å². The Bertz CT molecular complexity index is 710. The lowest BCUT2D eigenvalue weighted by Crippen LogP contribution is -2.34. The number of carbonyl (C=O) groups is 1. The van der Waals surface area contributed by atoms with E-state index in [1.165, 1.54) is 16.8 Å². The van der Waals surface area contributed by atoms with E-state index in [1.807, 2.05) is 0 Å². The molecule has 1 amide bonds. The third kappa shape index (κ3) is 4.59. The Balaban J connectivity index is 1.93. The highest BCUT2D eigenvalue weighted by molar-refractivity contribution is 6.34. The van der Waals surface area contributed by atoms with Crippen LogP contribution in [0.1, 0.15) is 11.7 Å². The van der Waals surface area contributed by atoms with Crippen molar-refractivity contribution in [1.29, 1.82) is 0 Å². The summed E-state index contributed by atoms with van der Waals surface area (Å²) in [7, 11) is 0. The van der Waals surface area contributed by atoms with Crippen molar-refractivity contribution in [2.75, 3.05) is 6.54 Å². The zero-order chi connectivity index (χ0) is 16.1. The molecular weight excluding hydrogens is 327 g/mol. The quantitative estimate of drug-likeness (QED) is 0.874. The maximum Gasteiger partial charge on any atom is 0.250 e. The van der Waals surface area contributed by atoms with Crippen LogP contribution in [0.2, 0.25) is 10.0 Å². The predicted octanol–water partition coefficient (Wildman–Crippen LogP) is 2.00. The SMILES string of the molecule is O=C(Cn1ccccc1=O)NCC(O)c1cc(Cl)cc(Cl)c1. The summed E-state index contributed by atoms with van der Waals surface area (Å²) < 4.78 is 1.28. The third-order valence-corrected chi connectivity index (χ3v) is 3.41. The third-order valence-electron chi connectivity index (χ3n) is 2.98. The molecule has 2 aromatic rings. The van der Waals surface area contributed by atoms with E-state index in [0.29, 0.717) is 15.6 Å². The van der Waals surface area contributed by atoms with Crippen LogP contribution in [0.4, 0.5) is 0 Å². The Hall–Kier alpha value is -1.82. The average molecular weight is 341 g/mol. The first kappa shape index (κ1) is 16.5. The molecule has 5 nitrogen and oxygen atoms in total. The normalized spacial score (nSPS) is 12.0. The monoisotopic (exact) mass is 340 g/mol. The van der Waals surface area contributed by atoms with E-state index in [9.17, 15) is 14.7 Å². The molecule has 2 rings (SSSR count). The summed E-state index contributed by atoms with van der Waals surface area (Å²) in [4.78, 5) is 23.3. The van der Waals surface area contributed by atoms with Crippen LogP contribution in [0, 0.1) is 0 Å². The standard InChI is InChI=1S/C15H14Cl2N2O3/c16-11-5-10(6-12(17)7-11)13(20)8-18-14(21)9-19-4-2-1-3-15(19)22/h1-7,13,20H,8-9H2,(H,18,21). The predicted molar refractivity (Wildman–Crippen MR) is 85.1 cm³/mol. The Morgan fingerprint density at radius 3 is 2.55 bits per heavy atom. The summed E-state index contributed by atoms with van der Waals surface area (Å²) in [6.45, 7) is -0.111. The second-order valence-electron chi connectivity index (χ2n) is 4.69. The minimum atomic E-state index is -0.937. The highest BCUT2D eigenvalue weighted by Gasteiger charge is 2.11. The van der Waals surface area contributed by atoms with Crippen molar-refractivity contribution in [1.82, 2.24) is 9.88 Å². The van der Waals surface area contributed by atoms with E-state index in [0.717, 1.165) is 0 Å². The summed E-state index contributed by atoms with van der Waals surface area (Å²) in [6, 6.07) is 9.34. The van der Waals surface area contributed by atoms with E-state index in [4.69, 9.17) is 23.2 Å². The van der Waals surface area contributed by atoms with Gasteiger partial charge in [-0.15, -0.1) is 0 Å². The minimum absolute atomic E-state index is 0.00289. The molecule has 0 radical (unpaired) electrons. The number of hydrogen-bond acceptors (Lipinski definition) is 3. The van der Waals surface area contributed by atoms with Crippen molar-refractivity contribution < 1.29 is 9.90 Å². The van der Waals surface area contributed by atoms with Crippen LogP contribution in [0.15, 0.2) is 47.4 Å². The number of amides is 1. The number of hydrogen-bond donors (Lipinski definition) is 2. The lowest BCUT2D eigenvalue weighted by atomic mass is 10.1. The van der Waals surface area contributed by atoms with E-state index in [-0.39, 0.29) is 24.6 Å². The molecule has 0 spiro atoms. The first-order valence-corrected chi connectivity index (χ1v) is 7.27. The smallest absolute Gasteiger partial charge is 0.250 e. The van der Waals surface area contributed by atoms with E-state index < -0.39 is 6.10 Å². The first-order chi connectivity index (χ1) is 10.5. The number of aliphatic hydroxyl groups excluding tert-OH is 1. The number of pyridine rings is 1. The van der Waals surface area contributed by atoms with Crippen molar-refractivity contribution >= 4 is 29.1 Å². The van der Waals surface area contributed by atoms with Crippen molar-refractivity contribution in [3.8, 4) is 0 Å². The van der Waals surface area contributed by atoms with E-state index >= 15 is 0 Å². The van der Waals surface area contributed by atoms with Gasteiger partial charge in [0.25, 0.3) is 5.56 Å². The van der Waals surface area contributed by atoms with Gasteiger partial charge in [-0.3, -0.25) is 9.59 Å². The number of carbonyl (C=O) groups excluding carboxylic acids is 1. The summed E-state index contributed by atoms with van der Waals surface area (Å²) in [5.74, 6) is -0.375. The molecule has 1 unspecified atom stereocenters. The van der Waals surface area contributed by atoms with Crippen LogP contribution in [0.5, 0.6) is 0 Å². The van der Waals surface area contributed by atoms with Crippen LogP contribution in [-0.4, -0.2) is 22.1 Å². The van der Waals surface area contributed by atoms with Gasteiger partial charge in [0, 0.05) is 28.9 Å². The van der Waals surface area contributed by atoms with Gasteiger partial charge in [0.1, 0.15) is 6.54 Å². The van der Waals surface area contributed by atoms with Gasteiger partial charge in [0.15, 0.2) is 0 Å². The number of nitrogens with one attached hydrogen (secondary N) is 1. The van der Waals surface area contributed by atoms with Crippen LogP contribution in [0.3, 0.4) is 0 Å². The van der Waals surface area contributed by atoms with Crippen molar-refractivity contribution in [2.24, 2.45) is 0 Å².